The van der Waals surface area contributed by atoms with Crippen LogP contribution in [0.1, 0.15) is 47.0 Å². The van der Waals surface area contributed by atoms with Crippen molar-refractivity contribution in [3.05, 3.63) is 0 Å². The molecule has 0 aliphatic heterocycles. The quantitative estimate of drug-likeness (QED) is 0.775. The lowest BCUT2D eigenvalue weighted by Crippen LogP contribution is -2.51. The van der Waals surface area contributed by atoms with Gasteiger partial charge in [-0.05, 0) is 31.6 Å². The van der Waals surface area contributed by atoms with E-state index in [1.165, 1.54) is 0 Å². The highest BCUT2D eigenvalue weighted by Crippen LogP contribution is 2.28. The Morgan fingerprint density at radius 2 is 2.11 bits per heavy atom. The molecule has 1 saturated carbocycles. The van der Waals surface area contributed by atoms with Gasteiger partial charge >= 0.3 is 0 Å². The largest absolute Gasteiger partial charge is 0.380 e. The van der Waals surface area contributed by atoms with Gasteiger partial charge in [-0.25, -0.2) is 0 Å². The summed E-state index contributed by atoms with van der Waals surface area (Å²) in [6.07, 6.45) is 3.15. The van der Waals surface area contributed by atoms with Crippen LogP contribution < -0.4 is 11.1 Å². The first-order valence-electron chi connectivity index (χ1n) is 7.61. The summed E-state index contributed by atoms with van der Waals surface area (Å²) < 4.78 is 5.45. The maximum Gasteiger partial charge on any atom is 0.224 e. The zero-order chi connectivity index (χ0) is 14.4. The minimum absolute atomic E-state index is 0.00587. The predicted octanol–water partition coefficient (Wildman–Crippen LogP) is 1.93. The Bertz CT molecular complexity index is 281. The van der Waals surface area contributed by atoms with Crippen molar-refractivity contribution in [2.45, 2.75) is 59.0 Å². The molecule has 1 amide bonds. The first-order chi connectivity index (χ1) is 8.97. The number of carbonyl (C=O) groups is 1. The summed E-state index contributed by atoms with van der Waals surface area (Å²) in [4.78, 5) is 12.4. The maximum atomic E-state index is 12.4. The molecule has 1 rings (SSSR count). The third-order valence-electron chi connectivity index (χ3n) is 4.27. The van der Waals surface area contributed by atoms with Crippen LogP contribution in [0.25, 0.3) is 0 Å². The lowest BCUT2D eigenvalue weighted by Gasteiger charge is -2.34. The molecular formula is C15H30N2O2. The predicted molar refractivity (Wildman–Crippen MR) is 77.7 cm³/mol. The van der Waals surface area contributed by atoms with Gasteiger partial charge in [0.05, 0.1) is 18.6 Å². The van der Waals surface area contributed by atoms with Crippen molar-refractivity contribution in [3.63, 3.8) is 0 Å². The van der Waals surface area contributed by atoms with Crippen molar-refractivity contribution in [2.24, 2.45) is 23.5 Å². The summed E-state index contributed by atoms with van der Waals surface area (Å²) in [5.74, 6) is 0.880. The van der Waals surface area contributed by atoms with E-state index in [9.17, 15) is 4.79 Å². The number of carbonyl (C=O) groups excluding carboxylic acids is 1. The minimum atomic E-state index is -0.0355. The average Bonchev–Trinajstić information content (AvgIpc) is 2.37. The maximum absolute atomic E-state index is 12.4. The molecule has 4 unspecified atom stereocenters. The van der Waals surface area contributed by atoms with Crippen molar-refractivity contribution in [3.8, 4) is 0 Å². The van der Waals surface area contributed by atoms with Crippen LogP contribution in [0.15, 0.2) is 0 Å². The summed E-state index contributed by atoms with van der Waals surface area (Å²) >= 11 is 0. The fraction of sp³-hybridized carbons (Fsp3) is 0.933. The standard InChI is InChI=1S/C15H30N2O2/c1-5-19-9-13(10(2)3)17-15(18)12-8-6-7-11(4)14(12)16/h10-14H,5-9,16H2,1-4H3,(H,17,18). The third kappa shape index (κ3) is 4.77. The Morgan fingerprint density at radius 3 is 2.68 bits per heavy atom. The van der Waals surface area contributed by atoms with Crippen LogP contribution in [-0.2, 0) is 9.53 Å². The van der Waals surface area contributed by atoms with Gasteiger partial charge in [0.1, 0.15) is 0 Å². The molecule has 0 spiro atoms. The molecule has 0 heterocycles. The molecule has 0 radical (unpaired) electrons. The lowest BCUT2D eigenvalue weighted by molar-refractivity contribution is -0.128. The summed E-state index contributed by atoms with van der Waals surface area (Å²) in [6, 6.07) is 0.0746. The van der Waals surface area contributed by atoms with Gasteiger partial charge in [-0.3, -0.25) is 4.79 Å². The van der Waals surface area contributed by atoms with Gasteiger partial charge in [0.15, 0.2) is 0 Å². The first kappa shape index (κ1) is 16.4. The Balaban J connectivity index is 2.55. The normalized spacial score (nSPS) is 29.3. The van der Waals surface area contributed by atoms with E-state index in [1.54, 1.807) is 0 Å². The third-order valence-corrected chi connectivity index (χ3v) is 4.27. The molecule has 0 bridgehead atoms. The van der Waals surface area contributed by atoms with E-state index in [0.717, 1.165) is 19.3 Å². The van der Waals surface area contributed by atoms with E-state index in [2.05, 4.69) is 26.1 Å². The molecule has 4 atom stereocenters. The van der Waals surface area contributed by atoms with E-state index in [-0.39, 0.29) is 23.9 Å². The second-order valence-electron chi connectivity index (χ2n) is 6.11. The van der Waals surface area contributed by atoms with Gasteiger partial charge in [0.25, 0.3) is 0 Å². The van der Waals surface area contributed by atoms with Crippen LogP contribution in [0.4, 0.5) is 0 Å². The van der Waals surface area contributed by atoms with Crippen molar-refractivity contribution in [2.75, 3.05) is 13.2 Å². The first-order valence-corrected chi connectivity index (χ1v) is 7.61. The molecule has 112 valence electrons. The summed E-state index contributed by atoms with van der Waals surface area (Å²) in [7, 11) is 0. The van der Waals surface area contributed by atoms with Crippen LogP contribution in [0.5, 0.6) is 0 Å². The molecule has 1 aliphatic carbocycles. The van der Waals surface area contributed by atoms with E-state index in [1.807, 2.05) is 6.92 Å². The van der Waals surface area contributed by atoms with E-state index in [4.69, 9.17) is 10.5 Å². The van der Waals surface area contributed by atoms with Crippen molar-refractivity contribution in [1.82, 2.24) is 5.32 Å². The fourth-order valence-electron chi connectivity index (χ4n) is 2.68. The SMILES string of the molecule is CCOCC(NC(=O)C1CCCC(C)C1N)C(C)C. The van der Waals surface area contributed by atoms with Gasteiger partial charge in [0, 0.05) is 12.6 Å². The zero-order valence-electron chi connectivity index (χ0n) is 12.8. The molecule has 4 heteroatoms. The second-order valence-corrected chi connectivity index (χ2v) is 6.11. The average molecular weight is 270 g/mol. The Labute approximate surface area is 117 Å². The van der Waals surface area contributed by atoms with Crippen molar-refractivity contribution in [1.29, 1.82) is 0 Å². The molecule has 1 aliphatic rings. The highest BCUT2D eigenvalue weighted by molar-refractivity contribution is 5.79. The Kier molecular flexibility index (Phi) is 6.80. The molecule has 0 aromatic rings. The smallest absolute Gasteiger partial charge is 0.224 e. The minimum Gasteiger partial charge on any atom is -0.380 e. The Hall–Kier alpha value is -0.610. The zero-order valence-corrected chi connectivity index (χ0v) is 12.8. The molecule has 3 N–H and O–H groups in total. The van der Waals surface area contributed by atoms with Crippen LogP contribution in [0.3, 0.4) is 0 Å². The van der Waals surface area contributed by atoms with Gasteiger partial charge in [-0.2, -0.15) is 0 Å². The molecule has 0 saturated heterocycles. The van der Waals surface area contributed by atoms with E-state index >= 15 is 0 Å². The molecule has 4 nitrogen and oxygen atoms in total. The number of amides is 1. The van der Waals surface area contributed by atoms with Crippen LogP contribution in [0, 0.1) is 17.8 Å². The number of hydrogen-bond donors (Lipinski definition) is 2. The van der Waals surface area contributed by atoms with Crippen molar-refractivity contribution >= 4 is 5.91 Å². The number of nitrogens with one attached hydrogen (secondary N) is 1. The number of ether oxygens (including phenoxy) is 1. The van der Waals surface area contributed by atoms with E-state index in [0.29, 0.717) is 25.0 Å². The molecule has 0 aromatic carbocycles. The van der Waals surface area contributed by atoms with Crippen molar-refractivity contribution < 1.29 is 9.53 Å². The topological polar surface area (TPSA) is 64.3 Å². The number of nitrogens with two attached hydrogens (primary N) is 1. The molecule has 19 heavy (non-hydrogen) atoms. The van der Waals surface area contributed by atoms with Gasteiger partial charge in [-0.1, -0.05) is 27.2 Å². The highest BCUT2D eigenvalue weighted by Gasteiger charge is 2.33. The van der Waals surface area contributed by atoms with Gasteiger partial charge in [0.2, 0.25) is 5.91 Å². The fourth-order valence-corrected chi connectivity index (χ4v) is 2.68. The summed E-state index contributed by atoms with van der Waals surface area (Å²) in [5.41, 5.74) is 6.18. The number of hydrogen-bond acceptors (Lipinski definition) is 3. The van der Waals surface area contributed by atoms with Gasteiger partial charge in [-0.15, -0.1) is 0 Å². The lowest BCUT2D eigenvalue weighted by atomic mass is 9.77. The van der Waals surface area contributed by atoms with Crippen LogP contribution in [0.2, 0.25) is 0 Å². The summed E-state index contributed by atoms with van der Waals surface area (Å²) in [5, 5.41) is 3.13. The second kappa shape index (κ2) is 7.85. The molecule has 0 aromatic heterocycles. The van der Waals surface area contributed by atoms with Crippen LogP contribution in [-0.4, -0.2) is 31.2 Å². The van der Waals surface area contributed by atoms with Gasteiger partial charge < -0.3 is 15.8 Å². The molecular weight excluding hydrogens is 240 g/mol. The highest BCUT2D eigenvalue weighted by atomic mass is 16.5. The van der Waals surface area contributed by atoms with Crippen LogP contribution >= 0.6 is 0 Å². The monoisotopic (exact) mass is 270 g/mol. The number of rotatable bonds is 6. The molecule has 1 fully saturated rings. The summed E-state index contributed by atoms with van der Waals surface area (Å²) in [6.45, 7) is 9.58. The van der Waals surface area contributed by atoms with E-state index < -0.39 is 0 Å². The Morgan fingerprint density at radius 1 is 1.42 bits per heavy atom.